The lowest BCUT2D eigenvalue weighted by Crippen LogP contribution is -2.19. The van der Waals surface area contributed by atoms with E-state index in [1.807, 2.05) is 19.1 Å². The highest BCUT2D eigenvalue weighted by atomic mass is 16.5. The van der Waals surface area contributed by atoms with Crippen molar-refractivity contribution < 1.29 is 19.1 Å². The summed E-state index contributed by atoms with van der Waals surface area (Å²) in [6.45, 7) is 3.88. The summed E-state index contributed by atoms with van der Waals surface area (Å²) in [4.78, 5) is 29.1. The summed E-state index contributed by atoms with van der Waals surface area (Å²) in [5.74, 6) is 0.397. The molecule has 0 unspecified atom stereocenters. The Balaban J connectivity index is 1.59. The van der Waals surface area contributed by atoms with Crippen molar-refractivity contribution in [3.8, 4) is 16.9 Å². The maximum absolute atomic E-state index is 12.6. The third-order valence-corrected chi connectivity index (χ3v) is 5.07. The van der Waals surface area contributed by atoms with Crippen LogP contribution in [0.5, 0.6) is 5.75 Å². The molecule has 2 amide bonds. The van der Waals surface area contributed by atoms with Crippen LogP contribution >= 0.6 is 0 Å². The van der Waals surface area contributed by atoms with E-state index >= 15 is 0 Å². The molecular formula is C24H24N6O4. The van der Waals surface area contributed by atoms with Crippen LogP contribution in [0, 0.1) is 6.92 Å². The van der Waals surface area contributed by atoms with Gasteiger partial charge in [0, 0.05) is 29.2 Å². The molecule has 2 aromatic carbocycles. The number of carbonyl (C=O) groups excluding carboxylic acids is 2. The number of nitrogens with zero attached hydrogens (tertiary/aromatic N) is 3. The van der Waals surface area contributed by atoms with Gasteiger partial charge in [-0.1, -0.05) is 12.1 Å². The fraction of sp³-hybridized carbons (Fsp3) is 0.167. The average Bonchev–Trinajstić information content (AvgIpc) is 3.20. The number of aryl methyl sites for hydroxylation is 1. The number of anilines is 3. The number of esters is 1. The zero-order valence-corrected chi connectivity index (χ0v) is 19.0. The highest BCUT2D eigenvalue weighted by molar-refractivity contribution is 6.05. The second-order valence-corrected chi connectivity index (χ2v) is 7.47. The van der Waals surface area contributed by atoms with E-state index in [-0.39, 0.29) is 12.4 Å². The molecule has 0 aliphatic carbocycles. The van der Waals surface area contributed by atoms with Crippen LogP contribution in [-0.4, -0.2) is 40.3 Å². The van der Waals surface area contributed by atoms with Gasteiger partial charge in [-0.2, -0.15) is 5.10 Å². The van der Waals surface area contributed by atoms with Gasteiger partial charge in [-0.25, -0.2) is 19.1 Å². The monoisotopic (exact) mass is 460 g/mol. The van der Waals surface area contributed by atoms with Crippen molar-refractivity contribution in [2.75, 3.05) is 30.1 Å². The standard InChI is InChI=1S/C24H24N6O4/c1-4-34-23(31)19-12-30-21(22(25)26-13-27-30)20(19)15-5-7-16(8-6-15)28-24(32)29-17-9-14(2)10-18(11-17)33-3/h5-13H,4H2,1-3H3,(H2,25,26,27)(H2,28,29,32). The van der Waals surface area contributed by atoms with Gasteiger partial charge in [-0.3, -0.25) is 0 Å². The molecule has 10 nitrogen and oxygen atoms in total. The normalized spacial score (nSPS) is 10.7. The summed E-state index contributed by atoms with van der Waals surface area (Å²) in [7, 11) is 1.57. The fourth-order valence-electron chi connectivity index (χ4n) is 3.64. The number of nitrogens with one attached hydrogen (secondary N) is 2. The van der Waals surface area contributed by atoms with Gasteiger partial charge in [0.15, 0.2) is 5.82 Å². The molecule has 10 heteroatoms. The van der Waals surface area contributed by atoms with E-state index in [1.54, 1.807) is 50.6 Å². The van der Waals surface area contributed by atoms with Crippen LogP contribution in [0.1, 0.15) is 22.8 Å². The number of rotatable bonds is 6. The molecule has 4 rings (SSSR count). The Labute approximate surface area is 195 Å². The summed E-state index contributed by atoms with van der Waals surface area (Å²) in [6.07, 6.45) is 2.88. The number of urea groups is 1. The van der Waals surface area contributed by atoms with E-state index in [2.05, 4.69) is 20.7 Å². The van der Waals surface area contributed by atoms with Gasteiger partial charge in [0.2, 0.25) is 0 Å². The Morgan fingerprint density at radius 2 is 1.82 bits per heavy atom. The first-order chi connectivity index (χ1) is 16.4. The van der Waals surface area contributed by atoms with Crippen LogP contribution < -0.4 is 21.1 Å². The van der Waals surface area contributed by atoms with Gasteiger partial charge in [0.05, 0.1) is 19.3 Å². The molecule has 0 aliphatic heterocycles. The Morgan fingerprint density at radius 3 is 2.53 bits per heavy atom. The maximum atomic E-state index is 12.6. The highest BCUT2D eigenvalue weighted by Gasteiger charge is 2.22. The third-order valence-electron chi connectivity index (χ3n) is 5.07. The molecule has 34 heavy (non-hydrogen) atoms. The number of ether oxygens (including phenoxy) is 2. The minimum atomic E-state index is -0.488. The van der Waals surface area contributed by atoms with Gasteiger partial charge in [0.25, 0.3) is 0 Å². The van der Waals surface area contributed by atoms with E-state index < -0.39 is 12.0 Å². The Hall–Kier alpha value is -4.60. The third kappa shape index (κ3) is 4.60. The van der Waals surface area contributed by atoms with Gasteiger partial charge in [0.1, 0.15) is 17.6 Å². The molecule has 0 radical (unpaired) electrons. The number of benzene rings is 2. The molecular weight excluding hydrogens is 436 g/mol. The first-order valence-corrected chi connectivity index (χ1v) is 10.5. The second-order valence-electron chi connectivity index (χ2n) is 7.47. The molecule has 0 fully saturated rings. The van der Waals surface area contributed by atoms with Crippen molar-refractivity contribution in [1.82, 2.24) is 14.6 Å². The van der Waals surface area contributed by atoms with Gasteiger partial charge < -0.3 is 25.8 Å². The van der Waals surface area contributed by atoms with E-state index in [0.717, 1.165) is 5.56 Å². The molecule has 2 aromatic heterocycles. The molecule has 0 saturated carbocycles. The lowest BCUT2D eigenvalue weighted by molar-refractivity contribution is 0.0527. The molecule has 4 N–H and O–H groups in total. The molecule has 0 atom stereocenters. The molecule has 174 valence electrons. The average molecular weight is 460 g/mol. The van der Waals surface area contributed by atoms with Crippen molar-refractivity contribution in [2.24, 2.45) is 0 Å². The number of hydrogen-bond acceptors (Lipinski definition) is 7. The van der Waals surface area contributed by atoms with Crippen molar-refractivity contribution in [2.45, 2.75) is 13.8 Å². The Morgan fingerprint density at radius 1 is 1.09 bits per heavy atom. The van der Waals surface area contributed by atoms with E-state index in [4.69, 9.17) is 15.2 Å². The fourth-order valence-corrected chi connectivity index (χ4v) is 3.64. The molecule has 0 spiro atoms. The number of methoxy groups -OCH3 is 1. The Kier molecular flexibility index (Phi) is 6.30. The van der Waals surface area contributed by atoms with E-state index in [1.165, 1.54) is 10.8 Å². The van der Waals surface area contributed by atoms with Crippen molar-refractivity contribution in [1.29, 1.82) is 0 Å². The second kappa shape index (κ2) is 9.49. The number of carbonyl (C=O) groups is 2. The zero-order valence-electron chi connectivity index (χ0n) is 19.0. The number of aromatic nitrogens is 3. The first kappa shape index (κ1) is 22.6. The van der Waals surface area contributed by atoms with Gasteiger partial charge >= 0.3 is 12.0 Å². The van der Waals surface area contributed by atoms with Crippen LogP contribution in [0.2, 0.25) is 0 Å². The molecule has 0 saturated heterocycles. The predicted molar refractivity (Wildman–Crippen MR) is 129 cm³/mol. The summed E-state index contributed by atoms with van der Waals surface area (Å²) < 4.78 is 11.9. The smallest absolute Gasteiger partial charge is 0.340 e. The minimum absolute atomic E-state index is 0.232. The minimum Gasteiger partial charge on any atom is -0.497 e. The van der Waals surface area contributed by atoms with Crippen molar-refractivity contribution in [3.05, 3.63) is 66.1 Å². The number of nitrogen functional groups attached to an aromatic ring is 1. The van der Waals surface area contributed by atoms with E-state index in [0.29, 0.717) is 39.3 Å². The topological polar surface area (TPSA) is 133 Å². The van der Waals surface area contributed by atoms with Crippen LogP contribution in [0.15, 0.2) is 55.0 Å². The molecule has 2 heterocycles. The lowest BCUT2D eigenvalue weighted by atomic mass is 10.0. The number of nitrogens with two attached hydrogens (primary N) is 1. The SMILES string of the molecule is CCOC(=O)c1cn2ncnc(N)c2c1-c1ccc(NC(=O)Nc2cc(C)cc(OC)c2)cc1. The largest absolute Gasteiger partial charge is 0.497 e. The lowest BCUT2D eigenvalue weighted by Gasteiger charge is -2.11. The summed E-state index contributed by atoms with van der Waals surface area (Å²) in [5, 5.41) is 9.73. The Bertz CT molecular complexity index is 1360. The maximum Gasteiger partial charge on any atom is 0.340 e. The number of hydrogen-bond donors (Lipinski definition) is 3. The van der Waals surface area contributed by atoms with Crippen LogP contribution in [-0.2, 0) is 4.74 Å². The zero-order chi connectivity index (χ0) is 24.2. The van der Waals surface area contributed by atoms with Crippen molar-refractivity contribution >= 4 is 34.7 Å². The predicted octanol–water partition coefficient (Wildman–Crippen LogP) is 4.12. The molecule has 4 aromatic rings. The van der Waals surface area contributed by atoms with Crippen LogP contribution in [0.3, 0.4) is 0 Å². The summed E-state index contributed by atoms with van der Waals surface area (Å²) in [6, 6.07) is 12.0. The van der Waals surface area contributed by atoms with Gasteiger partial charge in [-0.15, -0.1) is 0 Å². The van der Waals surface area contributed by atoms with Crippen LogP contribution in [0.25, 0.3) is 16.6 Å². The number of amides is 2. The van der Waals surface area contributed by atoms with E-state index in [9.17, 15) is 9.59 Å². The number of fused-ring (bicyclic) bond motifs is 1. The first-order valence-electron chi connectivity index (χ1n) is 10.5. The van der Waals surface area contributed by atoms with Crippen LogP contribution in [0.4, 0.5) is 22.0 Å². The van der Waals surface area contributed by atoms with Gasteiger partial charge in [-0.05, 0) is 49.2 Å². The summed E-state index contributed by atoms with van der Waals surface area (Å²) >= 11 is 0. The summed E-state index contributed by atoms with van der Waals surface area (Å²) in [5.41, 5.74) is 10.3. The molecule has 0 aliphatic rings. The van der Waals surface area contributed by atoms with Crippen molar-refractivity contribution in [3.63, 3.8) is 0 Å². The highest BCUT2D eigenvalue weighted by Crippen LogP contribution is 2.33. The quantitative estimate of drug-likeness (QED) is 0.369. The molecule has 0 bridgehead atoms.